The maximum Gasteiger partial charge on any atom is 0.488 e. The Morgan fingerprint density at radius 3 is 0.743 bits per heavy atom. The van der Waals surface area contributed by atoms with Crippen molar-refractivity contribution in [1.29, 1.82) is 0 Å². The Hall–Kier alpha value is -5.77. The molecule has 4 heterocycles. The predicted octanol–water partition coefficient (Wildman–Crippen LogP) is 26.4. The van der Waals surface area contributed by atoms with Crippen molar-refractivity contribution >= 4 is 84.4 Å². The van der Waals surface area contributed by atoms with Gasteiger partial charge in [-0.15, -0.1) is 0 Å². The zero-order valence-electron chi connectivity index (χ0n) is 63.9. The van der Waals surface area contributed by atoms with E-state index in [4.69, 9.17) is 15.1 Å². The van der Waals surface area contributed by atoms with Crippen LogP contribution in [0.5, 0.6) is 11.5 Å². The molecule has 0 spiro atoms. The second-order valence-electron chi connectivity index (χ2n) is 26.9. The Balaban J connectivity index is 0.000000331. The van der Waals surface area contributed by atoms with Crippen LogP contribution in [0.1, 0.15) is 255 Å². The molecule has 9 rings (SSSR count). The zero-order chi connectivity index (χ0) is 76.2. The first-order valence-corrected chi connectivity index (χ1v) is 42.3. The molecule has 0 atom stereocenters. The average Bonchev–Trinajstić information content (AvgIpc) is 0.909. The van der Waals surface area contributed by atoms with Gasteiger partial charge in [0.25, 0.3) is 8.05 Å². The molecule has 566 valence electrons. The van der Waals surface area contributed by atoms with Gasteiger partial charge in [0.2, 0.25) is 0 Å². The first-order chi connectivity index (χ1) is 51.2. The smallest absolute Gasteiger partial charge is 0.488 e. The van der Waals surface area contributed by atoms with Crippen molar-refractivity contribution in [2.75, 3.05) is 0 Å². The van der Waals surface area contributed by atoms with Gasteiger partial charge < -0.3 is 25.3 Å². The molecule has 0 saturated heterocycles. The highest BCUT2D eigenvalue weighted by Crippen LogP contribution is 2.25. The van der Waals surface area contributed by atoms with Crippen molar-refractivity contribution in [2.24, 2.45) is 0 Å². The van der Waals surface area contributed by atoms with Crippen LogP contribution < -0.4 is 5.46 Å². The summed E-state index contributed by atoms with van der Waals surface area (Å²) in [5, 5.41) is 43.0. The molecule has 0 amide bonds. The number of rotatable bonds is 39. The van der Waals surface area contributed by atoms with Gasteiger partial charge in [-0.1, -0.05) is 320 Å². The average molecular weight is 1680 g/mol. The Bertz CT molecular complexity index is 3210. The molecule has 0 unspecified atom stereocenters. The number of benzene rings is 5. The van der Waals surface area contributed by atoms with Gasteiger partial charge in [-0.05, 0) is 206 Å². The van der Waals surface area contributed by atoms with Gasteiger partial charge in [0.1, 0.15) is 16.1 Å². The van der Waals surface area contributed by atoms with Crippen LogP contribution in [0.3, 0.4) is 0 Å². The summed E-state index contributed by atoms with van der Waals surface area (Å²) in [5.74, 6) is 0.414. The molecule has 9 aromatic rings. The van der Waals surface area contributed by atoms with Crippen LogP contribution in [-0.4, -0.2) is 60.4 Å². The molecule has 0 saturated carbocycles. The van der Waals surface area contributed by atoms with Crippen molar-refractivity contribution in [3.8, 4) is 45.3 Å². The Morgan fingerprint density at radius 2 is 0.505 bits per heavy atom. The number of halogens is 4. The topological polar surface area (TPSA) is 153 Å². The monoisotopic (exact) mass is 1680 g/mol. The van der Waals surface area contributed by atoms with Crippen LogP contribution in [-0.2, 0) is 32.1 Å². The van der Waals surface area contributed by atoms with Gasteiger partial charge in [0, 0.05) is 42.5 Å². The summed E-state index contributed by atoms with van der Waals surface area (Å²) in [4.78, 5) is 16.8. The van der Waals surface area contributed by atoms with Gasteiger partial charge in [-0.3, -0.25) is 15.0 Å². The summed E-state index contributed by atoms with van der Waals surface area (Å²) in [6.07, 6.45) is 52.8. The Labute approximate surface area is 669 Å². The lowest BCUT2D eigenvalue weighted by atomic mass is 9.80. The Morgan fingerprint density at radius 1 is 0.267 bits per heavy atom. The highest BCUT2D eigenvalue weighted by molar-refractivity contribution is 9.11. The molecule has 4 aromatic heterocycles. The van der Waals surface area contributed by atoms with Crippen LogP contribution >= 0.6 is 63.7 Å². The number of pyridine rings is 4. The number of hydrogen-bond acceptors (Lipinski definition) is 9. The van der Waals surface area contributed by atoms with E-state index < -0.39 is 7.12 Å². The third kappa shape index (κ3) is 46.3. The number of aryl methyl sites for hydroxylation is 5. The Kier molecular flexibility index (Phi) is 55.3. The SMILES string of the molecule is Brc1ccc(Br)nc1.CCCCCCCCc1ccc(-c2ccc(Br)cn2)cc1.CCCCCCCCc1ccc(-c2ccc(O)cn2)cc1.CCCCCCCCc1ccc(-c2ccc(O)cn2)cc1.CCCCCCCCc1ccc(B(O)O)cc1.CCCCCCCCc1ccc(Br)cc1.[B]O. The van der Waals surface area contributed by atoms with Crippen molar-refractivity contribution in [1.82, 2.24) is 19.9 Å². The molecular formula is C90H122B2Br4N4O5. The normalized spacial score (nSPS) is 10.4. The minimum atomic E-state index is -1.35. The first kappa shape index (κ1) is 93.4. The van der Waals surface area contributed by atoms with Crippen LogP contribution in [0.25, 0.3) is 33.8 Å². The van der Waals surface area contributed by atoms with E-state index in [0.29, 0.717) is 5.46 Å². The minimum Gasteiger partial charge on any atom is -0.506 e. The van der Waals surface area contributed by atoms with Crippen LogP contribution in [0.2, 0.25) is 0 Å². The molecule has 0 aliphatic rings. The molecule has 5 N–H and O–H groups in total. The van der Waals surface area contributed by atoms with E-state index in [2.05, 4.69) is 223 Å². The van der Waals surface area contributed by atoms with Gasteiger partial charge in [0.15, 0.2) is 0 Å². The molecule has 0 aliphatic heterocycles. The highest BCUT2D eigenvalue weighted by Gasteiger charge is 2.10. The molecule has 2 radical (unpaired) electrons. The van der Waals surface area contributed by atoms with Gasteiger partial charge in [-0.25, -0.2) is 4.98 Å². The predicted molar refractivity (Wildman–Crippen MR) is 463 cm³/mol. The molecular weight excluding hydrogens is 1560 g/mol. The van der Waals surface area contributed by atoms with Gasteiger partial charge >= 0.3 is 7.12 Å². The van der Waals surface area contributed by atoms with E-state index in [1.807, 2.05) is 54.7 Å². The summed E-state index contributed by atoms with van der Waals surface area (Å²) in [6.45, 7) is 11.3. The summed E-state index contributed by atoms with van der Waals surface area (Å²) in [5.41, 5.74) is 13.8. The van der Waals surface area contributed by atoms with E-state index in [0.717, 1.165) is 61.0 Å². The summed E-state index contributed by atoms with van der Waals surface area (Å²) < 4.78 is 4.06. The summed E-state index contributed by atoms with van der Waals surface area (Å²) >= 11 is 13.3. The lowest BCUT2D eigenvalue weighted by Gasteiger charge is -2.05. The quantitative estimate of drug-likeness (QED) is 0.0144. The molecule has 9 nitrogen and oxygen atoms in total. The number of aromatic hydroxyl groups is 2. The van der Waals surface area contributed by atoms with E-state index in [-0.39, 0.29) is 11.5 Å². The number of nitrogens with zero attached hydrogens (tertiary/aromatic N) is 4. The molecule has 0 aliphatic carbocycles. The highest BCUT2D eigenvalue weighted by atomic mass is 79.9. The van der Waals surface area contributed by atoms with Crippen LogP contribution in [0.4, 0.5) is 0 Å². The second-order valence-corrected chi connectivity index (χ2v) is 30.4. The lowest BCUT2D eigenvalue weighted by Crippen LogP contribution is -2.29. The van der Waals surface area contributed by atoms with Crippen molar-refractivity contribution in [3.63, 3.8) is 0 Å². The van der Waals surface area contributed by atoms with Gasteiger partial charge in [0.05, 0.1) is 29.5 Å². The largest absolute Gasteiger partial charge is 0.506 e. The summed E-state index contributed by atoms with van der Waals surface area (Å²) in [7, 11) is 2.15. The first-order valence-electron chi connectivity index (χ1n) is 39.2. The standard InChI is InChI=1S/C19H24BrN.2C19H25NO.C14H23BO2.C14H21Br.C5H3Br2N.BHO/c1-2-3-4-5-6-7-8-16-9-11-17(12-10-16)19-14-13-18(20)15-21-19;2*1-2-3-4-5-6-7-8-16-9-11-17(12-10-16)19-14-13-18(21)15-20-19;1-2-3-4-5-6-7-8-13-9-11-14(12-10-13)15(16)17;1-2-3-4-5-6-7-8-13-9-11-14(15)12-10-13;6-4-1-2-5(7)8-3-4;1-2/h9-15H,2-8H2,1H3;2*9-15,21H,2-8H2,1H3;9-12,16-17H,2-8H2,1H3;9-12H,2-8H2,1H3;1-3H;2H. The van der Waals surface area contributed by atoms with Crippen molar-refractivity contribution < 1.29 is 25.3 Å². The fourth-order valence-electron chi connectivity index (χ4n) is 11.6. The second kappa shape index (κ2) is 62.2. The van der Waals surface area contributed by atoms with E-state index >= 15 is 0 Å². The van der Waals surface area contributed by atoms with Gasteiger partial charge in [-0.2, -0.15) is 0 Å². The number of aromatic nitrogens is 4. The van der Waals surface area contributed by atoms with E-state index in [1.165, 1.54) is 256 Å². The maximum atomic E-state index is 9.26. The fraction of sp³-hybridized carbons (Fsp3) is 0.444. The van der Waals surface area contributed by atoms with Crippen LogP contribution in [0, 0.1) is 0 Å². The molecule has 15 heteroatoms. The lowest BCUT2D eigenvalue weighted by molar-refractivity contribution is 0.425. The van der Waals surface area contributed by atoms with Crippen LogP contribution in [0.15, 0.2) is 213 Å². The third-order valence-corrected chi connectivity index (χ3v) is 19.9. The molecule has 5 aromatic carbocycles. The molecule has 0 fully saturated rings. The number of unbranched alkanes of at least 4 members (excludes halogenated alkanes) is 25. The fourth-order valence-corrected chi connectivity index (χ4v) is 12.6. The zero-order valence-corrected chi connectivity index (χ0v) is 70.3. The molecule has 0 bridgehead atoms. The summed E-state index contributed by atoms with van der Waals surface area (Å²) in [6, 6.07) is 57.3. The minimum absolute atomic E-state index is 0.207. The van der Waals surface area contributed by atoms with E-state index in [1.54, 1.807) is 30.5 Å². The maximum absolute atomic E-state index is 9.26. The van der Waals surface area contributed by atoms with Crippen molar-refractivity contribution in [3.05, 3.63) is 240 Å². The van der Waals surface area contributed by atoms with Crippen molar-refractivity contribution in [2.45, 2.75) is 259 Å². The third-order valence-electron chi connectivity index (χ3n) is 17.9. The molecule has 105 heavy (non-hydrogen) atoms. The number of hydrogen-bond donors (Lipinski definition) is 5. The van der Waals surface area contributed by atoms with E-state index in [9.17, 15) is 10.2 Å².